The number of benzene rings is 1. The molecule has 0 unspecified atom stereocenters. The number of esters is 1. The van der Waals surface area contributed by atoms with Crippen molar-refractivity contribution in [3.63, 3.8) is 0 Å². The second-order valence-electron chi connectivity index (χ2n) is 4.78. The van der Waals surface area contributed by atoms with Crippen LogP contribution in [0.25, 0.3) is 0 Å². The molecule has 19 heavy (non-hydrogen) atoms. The predicted molar refractivity (Wildman–Crippen MR) is 71.4 cm³/mol. The third-order valence-electron chi connectivity index (χ3n) is 3.26. The van der Waals surface area contributed by atoms with E-state index < -0.39 is 11.8 Å². The zero-order chi connectivity index (χ0) is 13.7. The lowest BCUT2D eigenvalue weighted by molar-refractivity contribution is 0.0485. The van der Waals surface area contributed by atoms with Crippen LogP contribution >= 0.6 is 0 Å². The van der Waals surface area contributed by atoms with E-state index in [-0.39, 0.29) is 5.56 Å². The zero-order valence-corrected chi connectivity index (χ0v) is 10.9. The molecule has 2 rings (SSSR count). The van der Waals surface area contributed by atoms with Crippen molar-refractivity contribution in [2.45, 2.75) is 19.3 Å². The van der Waals surface area contributed by atoms with Crippen molar-refractivity contribution < 1.29 is 13.9 Å². The smallest absolute Gasteiger partial charge is 0.341 e. The standard InChI is InChI=1S/C14H19FN2O2/c15-13-10-11(16)4-5-12(13)14(18)19-9-3-8-17-6-1-2-7-17/h4-5,10H,1-3,6-9,16H2. The molecule has 5 heteroatoms. The van der Waals surface area contributed by atoms with Gasteiger partial charge in [0.2, 0.25) is 0 Å². The van der Waals surface area contributed by atoms with Crippen LogP contribution in [0.4, 0.5) is 10.1 Å². The Balaban J connectivity index is 1.74. The van der Waals surface area contributed by atoms with Gasteiger partial charge in [0.15, 0.2) is 0 Å². The predicted octanol–water partition coefficient (Wildman–Crippen LogP) is 2.05. The monoisotopic (exact) mass is 266 g/mol. The number of rotatable bonds is 5. The van der Waals surface area contributed by atoms with E-state index in [0.717, 1.165) is 32.1 Å². The molecule has 4 nitrogen and oxygen atoms in total. The van der Waals surface area contributed by atoms with Gasteiger partial charge in [-0.3, -0.25) is 0 Å². The normalized spacial score (nSPS) is 15.6. The number of carbonyl (C=O) groups is 1. The van der Waals surface area contributed by atoms with Crippen molar-refractivity contribution >= 4 is 11.7 Å². The molecule has 104 valence electrons. The minimum Gasteiger partial charge on any atom is -0.462 e. The van der Waals surface area contributed by atoms with E-state index in [1.165, 1.54) is 25.0 Å². The summed E-state index contributed by atoms with van der Waals surface area (Å²) in [6.07, 6.45) is 3.27. The van der Waals surface area contributed by atoms with Crippen molar-refractivity contribution in [3.05, 3.63) is 29.6 Å². The van der Waals surface area contributed by atoms with E-state index in [4.69, 9.17) is 10.5 Å². The van der Waals surface area contributed by atoms with E-state index in [0.29, 0.717) is 12.3 Å². The largest absolute Gasteiger partial charge is 0.462 e. The van der Waals surface area contributed by atoms with Crippen molar-refractivity contribution in [3.8, 4) is 0 Å². The van der Waals surface area contributed by atoms with Crippen LogP contribution in [0, 0.1) is 5.82 Å². The molecular formula is C14H19FN2O2. The Hall–Kier alpha value is -1.62. The van der Waals surface area contributed by atoms with Gasteiger partial charge in [0.25, 0.3) is 0 Å². The van der Waals surface area contributed by atoms with Gasteiger partial charge < -0.3 is 15.4 Å². The molecule has 0 amide bonds. The number of nitrogens with zero attached hydrogens (tertiary/aromatic N) is 1. The Bertz CT molecular complexity index is 445. The number of halogens is 1. The lowest BCUT2D eigenvalue weighted by Gasteiger charge is -2.14. The summed E-state index contributed by atoms with van der Waals surface area (Å²) < 4.78 is 18.5. The van der Waals surface area contributed by atoms with Crippen molar-refractivity contribution in [1.29, 1.82) is 0 Å². The minimum absolute atomic E-state index is 0.0598. The van der Waals surface area contributed by atoms with Gasteiger partial charge in [-0.15, -0.1) is 0 Å². The van der Waals surface area contributed by atoms with Gasteiger partial charge in [-0.25, -0.2) is 9.18 Å². The topological polar surface area (TPSA) is 55.6 Å². The third kappa shape index (κ3) is 3.92. The fourth-order valence-corrected chi connectivity index (χ4v) is 2.23. The summed E-state index contributed by atoms with van der Waals surface area (Å²) in [6, 6.07) is 3.97. The first-order valence-electron chi connectivity index (χ1n) is 6.61. The summed E-state index contributed by atoms with van der Waals surface area (Å²) in [5.74, 6) is -1.26. The fraction of sp³-hybridized carbons (Fsp3) is 0.500. The van der Waals surface area contributed by atoms with E-state index in [2.05, 4.69) is 4.90 Å². The van der Waals surface area contributed by atoms with Crippen LogP contribution in [0.3, 0.4) is 0 Å². The number of ether oxygens (including phenoxy) is 1. The lowest BCUT2D eigenvalue weighted by atomic mass is 10.2. The molecule has 0 aliphatic carbocycles. The van der Waals surface area contributed by atoms with Gasteiger partial charge in [-0.1, -0.05) is 0 Å². The Morgan fingerprint density at radius 1 is 1.37 bits per heavy atom. The average Bonchev–Trinajstić information content (AvgIpc) is 2.87. The van der Waals surface area contributed by atoms with Crippen LogP contribution in [0.5, 0.6) is 0 Å². The van der Waals surface area contributed by atoms with Gasteiger partial charge in [0, 0.05) is 12.2 Å². The molecule has 0 atom stereocenters. The summed E-state index contributed by atoms with van der Waals surface area (Å²) in [6.45, 7) is 3.50. The van der Waals surface area contributed by atoms with Crippen molar-refractivity contribution in [1.82, 2.24) is 4.90 Å². The highest BCUT2D eigenvalue weighted by atomic mass is 19.1. The fourth-order valence-electron chi connectivity index (χ4n) is 2.23. The van der Waals surface area contributed by atoms with Gasteiger partial charge in [-0.2, -0.15) is 0 Å². The second-order valence-corrected chi connectivity index (χ2v) is 4.78. The average molecular weight is 266 g/mol. The maximum atomic E-state index is 13.5. The molecule has 1 aliphatic heterocycles. The summed E-state index contributed by atoms with van der Waals surface area (Å²) in [4.78, 5) is 14.0. The summed E-state index contributed by atoms with van der Waals surface area (Å²) in [5, 5.41) is 0. The van der Waals surface area contributed by atoms with E-state index in [1.54, 1.807) is 0 Å². The molecule has 0 saturated carbocycles. The number of nitrogen functional groups attached to an aromatic ring is 1. The first-order valence-corrected chi connectivity index (χ1v) is 6.61. The highest BCUT2D eigenvalue weighted by Crippen LogP contribution is 2.13. The Morgan fingerprint density at radius 2 is 2.11 bits per heavy atom. The Kier molecular flexibility index (Phi) is 4.74. The molecule has 1 aliphatic rings. The van der Waals surface area contributed by atoms with Gasteiger partial charge in [0.1, 0.15) is 5.82 Å². The molecule has 0 aromatic heterocycles. The first-order chi connectivity index (χ1) is 9.16. The van der Waals surface area contributed by atoms with Gasteiger partial charge >= 0.3 is 5.97 Å². The highest BCUT2D eigenvalue weighted by Gasteiger charge is 2.14. The second kappa shape index (κ2) is 6.52. The molecule has 0 bridgehead atoms. The molecule has 0 radical (unpaired) electrons. The molecule has 1 aromatic carbocycles. The van der Waals surface area contributed by atoms with Crippen LogP contribution in [0.15, 0.2) is 18.2 Å². The van der Waals surface area contributed by atoms with Crippen LogP contribution < -0.4 is 5.73 Å². The molecule has 1 aromatic rings. The Labute approximate surface area is 112 Å². The van der Waals surface area contributed by atoms with E-state index in [9.17, 15) is 9.18 Å². The molecule has 0 spiro atoms. The number of carbonyl (C=O) groups excluding carboxylic acids is 1. The number of likely N-dealkylation sites (tertiary alicyclic amines) is 1. The maximum Gasteiger partial charge on any atom is 0.341 e. The molecular weight excluding hydrogens is 247 g/mol. The van der Waals surface area contributed by atoms with E-state index in [1.807, 2.05) is 0 Å². The number of nitrogens with two attached hydrogens (primary N) is 1. The number of hydrogen-bond acceptors (Lipinski definition) is 4. The Morgan fingerprint density at radius 3 is 2.79 bits per heavy atom. The zero-order valence-electron chi connectivity index (χ0n) is 10.9. The van der Waals surface area contributed by atoms with Gasteiger partial charge in [-0.05, 0) is 50.6 Å². The minimum atomic E-state index is -0.635. The van der Waals surface area contributed by atoms with Crippen LogP contribution in [-0.4, -0.2) is 37.1 Å². The molecule has 1 heterocycles. The summed E-state index contributed by atoms with van der Waals surface area (Å²) in [5.41, 5.74) is 5.66. The maximum absolute atomic E-state index is 13.5. The van der Waals surface area contributed by atoms with Crippen LogP contribution in [-0.2, 0) is 4.74 Å². The SMILES string of the molecule is Nc1ccc(C(=O)OCCCN2CCCC2)c(F)c1. The van der Waals surface area contributed by atoms with Crippen molar-refractivity contribution in [2.75, 3.05) is 32.0 Å². The van der Waals surface area contributed by atoms with Crippen LogP contribution in [0.1, 0.15) is 29.6 Å². The molecule has 2 N–H and O–H groups in total. The molecule has 1 fully saturated rings. The lowest BCUT2D eigenvalue weighted by Crippen LogP contribution is -2.22. The number of anilines is 1. The number of hydrogen-bond donors (Lipinski definition) is 1. The first kappa shape index (κ1) is 13.8. The van der Waals surface area contributed by atoms with Crippen molar-refractivity contribution in [2.24, 2.45) is 0 Å². The summed E-state index contributed by atoms with van der Waals surface area (Å²) in [7, 11) is 0. The third-order valence-corrected chi connectivity index (χ3v) is 3.26. The van der Waals surface area contributed by atoms with Gasteiger partial charge in [0.05, 0.1) is 12.2 Å². The molecule has 1 saturated heterocycles. The van der Waals surface area contributed by atoms with E-state index >= 15 is 0 Å². The van der Waals surface area contributed by atoms with Crippen LogP contribution in [0.2, 0.25) is 0 Å². The quantitative estimate of drug-likeness (QED) is 0.503. The summed E-state index contributed by atoms with van der Waals surface area (Å²) >= 11 is 0. The highest BCUT2D eigenvalue weighted by molar-refractivity contribution is 5.90.